The molecule has 5 nitrogen and oxygen atoms in total. The number of furan rings is 1. The molecule has 1 unspecified atom stereocenters. The van der Waals surface area contributed by atoms with Gasteiger partial charge in [-0.05, 0) is 25.7 Å². The van der Waals surface area contributed by atoms with Crippen molar-refractivity contribution in [3.8, 4) is 0 Å². The van der Waals surface area contributed by atoms with Gasteiger partial charge in [0, 0.05) is 12.1 Å². The van der Waals surface area contributed by atoms with Crippen molar-refractivity contribution in [1.82, 2.24) is 4.72 Å². The average molecular weight is 289 g/mol. The second-order valence-corrected chi connectivity index (χ2v) is 6.96. The first-order chi connectivity index (χ1) is 8.70. The van der Waals surface area contributed by atoms with E-state index in [1.807, 2.05) is 20.8 Å². The van der Waals surface area contributed by atoms with Crippen molar-refractivity contribution < 1.29 is 17.9 Å². The summed E-state index contributed by atoms with van der Waals surface area (Å²) in [4.78, 5) is 0.0726. The van der Waals surface area contributed by atoms with Crippen LogP contribution < -0.4 is 4.72 Å². The zero-order valence-electron chi connectivity index (χ0n) is 12.1. The summed E-state index contributed by atoms with van der Waals surface area (Å²) in [5, 5.41) is 9.29. The van der Waals surface area contributed by atoms with E-state index in [1.54, 1.807) is 13.8 Å². The van der Waals surface area contributed by atoms with Crippen LogP contribution in [0.25, 0.3) is 0 Å². The van der Waals surface area contributed by atoms with Gasteiger partial charge in [0.2, 0.25) is 10.0 Å². The van der Waals surface area contributed by atoms with E-state index in [1.165, 1.54) is 0 Å². The van der Waals surface area contributed by atoms with Crippen LogP contribution in [0.5, 0.6) is 0 Å². The van der Waals surface area contributed by atoms with Crippen LogP contribution in [0.2, 0.25) is 0 Å². The van der Waals surface area contributed by atoms with Crippen molar-refractivity contribution in [3.05, 3.63) is 17.1 Å². The van der Waals surface area contributed by atoms with Crippen molar-refractivity contribution in [2.45, 2.75) is 46.1 Å². The molecule has 1 atom stereocenters. The van der Waals surface area contributed by atoms with Crippen molar-refractivity contribution in [3.63, 3.8) is 0 Å². The molecule has 0 radical (unpaired) electrons. The summed E-state index contributed by atoms with van der Waals surface area (Å²) in [5.74, 6) is 1.39. The summed E-state index contributed by atoms with van der Waals surface area (Å²) in [6, 6.07) is 0. The fourth-order valence-corrected chi connectivity index (χ4v) is 3.37. The van der Waals surface area contributed by atoms with Gasteiger partial charge in [-0.1, -0.05) is 20.8 Å². The molecule has 0 spiro atoms. The highest BCUT2D eigenvalue weighted by molar-refractivity contribution is 7.89. The summed E-state index contributed by atoms with van der Waals surface area (Å²) in [6.45, 7) is 9.35. The van der Waals surface area contributed by atoms with E-state index >= 15 is 0 Å². The molecule has 110 valence electrons. The topological polar surface area (TPSA) is 79.5 Å². The highest BCUT2D eigenvalue weighted by Gasteiger charge is 2.26. The van der Waals surface area contributed by atoms with E-state index in [9.17, 15) is 13.5 Å². The van der Waals surface area contributed by atoms with Crippen LogP contribution in [0.15, 0.2) is 9.31 Å². The second kappa shape index (κ2) is 6.07. The monoisotopic (exact) mass is 289 g/mol. The third-order valence-electron chi connectivity index (χ3n) is 3.49. The number of hydrogen-bond acceptors (Lipinski definition) is 4. The molecule has 6 heteroatoms. The maximum absolute atomic E-state index is 12.3. The Hall–Kier alpha value is -0.850. The van der Waals surface area contributed by atoms with Crippen molar-refractivity contribution in [2.24, 2.45) is 11.8 Å². The van der Waals surface area contributed by atoms with Crippen molar-refractivity contribution in [2.75, 3.05) is 6.54 Å². The summed E-state index contributed by atoms with van der Waals surface area (Å²) < 4.78 is 32.5. The zero-order valence-corrected chi connectivity index (χ0v) is 13.0. The first-order valence-electron chi connectivity index (χ1n) is 6.40. The van der Waals surface area contributed by atoms with Gasteiger partial charge in [-0.15, -0.1) is 0 Å². The lowest BCUT2D eigenvalue weighted by atomic mass is 9.99. The number of aryl methyl sites for hydroxylation is 2. The van der Waals surface area contributed by atoms with Crippen LogP contribution in [-0.2, 0) is 16.6 Å². The van der Waals surface area contributed by atoms with Gasteiger partial charge in [-0.3, -0.25) is 0 Å². The normalized spacial score (nSPS) is 14.1. The highest BCUT2D eigenvalue weighted by atomic mass is 32.2. The molecule has 19 heavy (non-hydrogen) atoms. The molecule has 0 aliphatic heterocycles. The Morgan fingerprint density at radius 1 is 1.21 bits per heavy atom. The molecule has 0 aliphatic carbocycles. The maximum atomic E-state index is 12.3. The third-order valence-corrected chi connectivity index (χ3v) is 5.10. The van der Waals surface area contributed by atoms with Crippen LogP contribution in [0.4, 0.5) is 0 Å². The van der Waals surface area contributed by atoms with E-state index in [4.69, 9.17) is 4.42 Å². The van der Waals surface area contributed by atoms with Crippen LogP contribution in [-0.4, -0.2) is 20.1 Å². The van der Waals surface area contributed by atoms with Gasteiger partial charge in [0.1, 0.15) is 16.4 Å². The Balaban J connectivity index is 3.01. The first kappa shape index (κ1) is 16.2. The molecule has 1 rings (SSSR count). The molecule has 0 aromatic carbocycles. The smallest absolute Gasteiger partial charge is 0.244 e. The van der Waals surface area contributed by atoms with Gasteiger partial charge in [0.15, 0.2) is 0 Å². The number of aliphatic hydroxyl groups is 1. The number of sulfonamides is 1. The van der Waals surface area contributed by atoms with Crippen LogP contribution in [0.1, 0.15) is 37.9 Å². The number of hydrogen-bond donors (Lipinski definition) is 2. The van der Waals surface area contributed by atoms with Gasteiger partial charge in [0.25, 0.3) is 0 Å². The van der Waals surface area contributed by atoms with E-state index < -0.39 is 10.0 Å². The Morgan fingerprint density at radius 3 is 2.26 bits per heavy atom. The van der Waals surface area contributed by atoms with Crippen LogP contribution >= 0.6 is 0 Å². The third kappa shape index (κ3) is 3.58. The van der Waals surface area contributed by atoms with Gasteiger partial charge in [0.05, 0.1) is 6.61 Å². The van der Waals surface area contributed by atoms with E-state index in [0.29, 0.717) is 29.5 Å². The quantitative estimate of drug-likeness (QED) is 0.839. The minimum atomic E-state index is -3.65. The Morgan fingerprint density at radius 2 is 1.79 bits per heavy atom. The second-order valence-electron chi connectivity index (χ2n) is 5.25. The molecule has 1 aromatic rings. The molecular weight excluding hydrogens is 266 g/mol. The Kier molecular flexibility index (Phi) is 5.18. The molecule has 0 fully saturated rings. The summed E-state index contributed by atoms with van der Waals surface area (Å²) >= 11 is 0. The number of aliphatic hydroxyl groups excluding tert-OH is 1. The predicted octanol–water partition coefficient (Wildman–Crippen LogP) is 1.96. The van der Waals surface area contributed by atoms with Gasteiger partial charge < -0.3 is 9.52 Å². The minimum Gasteiger partial charge on any atom is -0.465 e. The molecule has 0 saturated carbocycles. The van der Waals surface area contributed by atoms with Crippen LogP contribution in [0.3, 0.4) is 0 Å². The molecule has 1 aromatic heterocycles. The molecule has 0 saturated heterocycles. The first-order valence-corrected chi connectivity index (χ1v) is 7.88. The van der Waals surface area contributed by atoms with E-state index in [-0.39, 0.29) is 17.4 Å². The summed E-state index contributed by atoms with van der Waals surface area (Å²) in [7, 11) is -3.65. The number of rotatable bonds is 6. The predicted molar refractivity (Wildman–Crippen MR) is 73.3 cm³/mol. The zero-order chi connectivity index (χ0) is 14.8. The van der Waals surface area contributed by atoms with E-state index in [0.717, 1.165) is 0 Å². The Bertz CT molecular complexity index is 531. The average Bonchev–Trinajstić information content (AvgIpc) is 2.60. The van der Waals surface area contributed by atoms with Gasteiger partial charge in [-0.25, -0.2) is 13.1 Å². The molecule has 0 aliphatic rings. The summed E-state index contributed by atoms with van der Waals surface area (Å²) in [5.41, 5.74) is 0.335. The minimum absolute atomic E-state index is 0.0726. The fourth-order valence-electron chi connectivity index (χ4n) is 1.79. The molecule has 1 heterocycles. The fraction of sp³-hybridized carbons (Fsp3) is 0.692. The lowest BCUT2D eigenvalue weighted by molar-refractivity contribution is 0.276. The molecular formula is C13H23NO4S. The standard InChI is InChI=1S/C13H23NO4S/c1-8(2)9(3)6-14-19(16,17)13-11(5)18-10(4)12(13)7-15/h8-9,14-15H,6-7H2,1-5H3. The highest BCUT2D eigenvalue weighted by Crippen LogP contribution is 2.26. The van der Waals surface area contributed by atoms with Crippen molar-refractivity contribution in [1.29, 1.82) is 0 Å². The van der Waals surface area contributed by atoms with Gasteiger partial charge in [-0.2, -0.15) is 0 Å². The van der Waals surface area contributed by atoms with Crippen molar-refractivity contribution >= 4 is 10.0 Å². The molecule has 2 N–H and O–H groups in total. The Labute approximate surface area is 115 Å². The van der Waals surface area contributed by atoms with Crippen LogP contribution in [0, 0.1) is 25.7 Å². The number of nitrogens with one attached hydrogen (secondary N) is 1. The van der Waals surface area contributed by atoms with Gasteiger partial charge >= 0.3 is 0 Å². The maximum Gasteiger partial charge on any atom is 0.244 e. The van der Waals surface area contributed by atoms with E-state index in [2.05, 4.69) is 4.72 Å². The largest absolute Gasteiger partial charge is 0.465 e. The summed E-state index contributed by atoms with van der Waals surface area (Å²) in [6.07, 6.45) is 0. The molecule has 0 bridgehead atoms. The molecule has 0 amide bonds. The SMILES string of the molecule is Cc1oc(C)c(S(=O)(=O)NCC(C)C(C)C)c1CO. The lowest BCUT2D eigenvalue weighted by Gasteiger charge is -2.16. The lowest BCUT2D eigenvalue weighted by Crippen LogP contribution is -2.31.